The number of hydrogen-bond acceptors (Lipinski definition) is 3. The third-order valence-corrected chi connectivity index (χ3v) is 3.75. The molecule has 1 fully saturated rings. The summed E-state index contributed by atoms with van der Waals surface area (Å²) in [7, 11) is 0. The third-order valence-electron chi connectivity index (χ3n) is 3.75. The van der Waals surface area contributed by atoms with Crippen molar-refractivity contribution in [2.45, 2.75) is 32.6 Å². The van der Waals surface area contributed by atoms with Crippen molar-refractivity contribution in [1.29, 1.82) is 0 Å². The van der Waals surface area contributed by atoms with Crippen LogP contribution >= 0.6 is 0 Å². The molecule has 23 heavy (non-hydrogen) atoms. The first-order valence-electron chi connectivity index (χ1n) is 8.20. The van der Waals surface area contributed by atoms with Gasteiger partial charge in [-0.25, -0.2) is 9.59 Å². The van der Waals surface area contributed by atoms with Crippen LogP contribution in [0.25, 0.3) is 6.08 Å². The van der Waals surface area contributed by atoms with Gasteiger partial charge in [0.15, 0.2) is 0 Å². The van der Waals surface area contributed by atoms with Crippen LogP contribution < -0.4 is 5.32 Å². The van der Waals surface area contributed by atoms with Gasteiger partial charge in [0, 0.05) is 24.9 Å². The normalized spacial score (nSPS) is 15.3. The molecule has 0 saturated carbocycles. The van der Waals surface area contributed by atoms with Crippen LogP contribution in [0.1, 0.15) is 38.2 Å². The average molecular weight is 316 g/mol. The molecule has 0 radical (unpaired) electrons. The van der Waals surface area contributed by atoms with Crippen LogP contribution in [0.4, 0.5) is 10.5 Å². The fourth-order valence-corrected chi connectivity index (χ4v) is 2.51. The molecule has 124 valence electrons. The van der Waals surface area contributed by atoms with Crippen molar-refractivity contribution in [2.24, 2.45) is 0 Å². The fraction of sp³-hybridized carbons (Fsp3) is 0.444. The van der Waals surface area contributed by atoms with Crippen LogP contribution in [0.15, 0.2) is 30.3 Å². The summed E-state index contributed by atoms with van der Waals surface area (Å²) in [5.74, 6) is -0.356. The number of carbonyl (C=O) groups is 2. The number of likely N-dealkylation sites (tertiary alicyclic amines) is 1. The predicted molar refractivity (Wildman–Crippen MR) is 91.2 cm³/mol. The van der Waals surface area contributed by atoms with Crippen molar-refractivity contribution in [3.8, 4) is 0 Å². The molecular weight excluding hydrogens is 292 g/mol. The number of anilines is 1. The molecule has 1 aliphatic rings. The Kier molecular flexibility index (Phi) is 6.66. The number of esters is 1. The summed E-state index contributed by atoms with van der Waals surface area (Å²) in [6.07, 6.45) is 7.64. The number of carbonyl (C=O) groups excluding carboxylic acids is 2. The largest absolute Gasteiger partial charge is 0.463 e. The van der Waals surface area contributed by atoms with E-state index in [1.807, 2.05) is 29.2 Å². The van der Waals surface area contributed by atoms with E-state index in [9.17, 15) is 9.59 Å². The van der Waals surface area contributed by atoms with E-state index < -0.39 is 0 Å². The van der Waals surface area contributed by atoms with E-state index in [0.29, 0.717) is 6.61 Å². The van der Waals surface area contributed by atoms with Gasteiger partial charge in [0.25, 0.3) is 0 Å². The maximum absolute atomic E-state index is 12.2. The molecule has 5 heteroatoms. The molecular formula is C18H24N2O3. The molecule has 0 bridgehead atoms. The lowest BCUT2D eigenvalue weighted by atomic mass is 10.2. The molecule has 5 nitrogen and oxygen atoms in total. The SMILES string of the molecule is CCOC(=O)C=Cc1ccc(NC(=O)N2CCCCCC2)cc1. The first-order chi connectivity index (χ1) is 11.2. The van der Waals surface area contributed by atoms with E-state index in [0.717, 1.165) is 37.2 Å². The highest BCUT2D eigenvalue weighted by Gasteiger charge is 2.15. The second-order valence-corrected chi connectivity index (χ2v) is 5.54. The van der Waals surface area contributed by atoms with Gasteiger partial charge in [-0.05, 0) is 43.5 Å². The molecule has 0 aliphatic carbocycles. The van der Waals surface area contributed by atoms with Gasteiger partial charge in [0.05, 0.1) is 6.61 Å². The topological polar surface area (TPSA) is 58.6 Å². The van der Waals surface area contributed by atoms with Crippen LogP contribution in [0.2, 0.25) is 0 Å². The number of nitrogens with zero attached hydrogens (tertiary/aromatic N) is 1. The average Bonchev–Trinajstić information content (AvgIpc) is 2.84. The molecule has 1 aliphatic heterocycles. The van der Waals surface area contributed by atoms with E-state index in [1.54, 1.807) is 13.0 Å². The summed E-state index contributed by atoms with van der Waals surface area (Å²) in [6.45, 7) is 3.79. The number of benzene rings is 1. The summed E-state index contributed by atoms with van der Waals surface area (Å²) in [6, 6.07) is 7.34. The molecule has 2 amide bonds. The molecule has 1 saturated heterocycles. The second kappa shape index (κ2) is 8.98. The zero-order valence-corrected chi connectivity index (χ0v) is 13.6. The Labute approximate surface area is 137 Å². The quantitative estimate of drug-likeness (QED) is 0.681. The van der Waals surface area contributed by atoms with E-state index in [1.165, 1.54) is 18.9 Å². The molecule has 1 heterocycles. The van der Waals surface area contributed by atoms with Crippen molar-refractivity contribution in [2.75, 3.05) is 25.0 Å². The molecule has 1 N–H and O–H groups in total. The Morgan fingerprint density at radius 2 is 1.78 bits per heavy atom. The standard InChI is InChI=1S/C18H24N2O3/c1-2-23-17(21)12-9-15-7-10-16(11-8-15)19-18(22)20-13-5-3-4-6-14-20/h7-12H,2-6,13-14H2,1H3,(H,19,22). The molecule has 0 unspecified atom stereocenters. The molecule has 0 aromatic heterocycles. The van der Waals surface area contributed by atoms with Gasteiger partial charge in [0.1, 0.15) is 0 Å². The summed E-state index contributed by atoms with van der Waals surface area (Å²) < 4.78 is 4.83. The first-order valence-corrected chi connectivity index (χ1v) is 8.20. The highest BCUT2D eigenvalue weighted by molar-refractivity contribution is 5.90. The lowest BCUT2D eigenvalue weighted by Crippen LogP contribution is -2.35. The maximum atomic E-state index is 12.2. The van der Waals surface area contributed by atoms with E-state index in [4.69, 9.17) is 4.74 Å². The number of hydrogen-bond donors (Lipinski definition) is 1. The molecule has 1 aromatic rings. The number of ether oxygens (including phenoxy) is 1. The maximum Gasteiger partial charge on any atom is 0.330 e. The predicted octanol–water partition coefficient (Wildman–Crippen LogP) is 3.67. The van der Waals surface area contributed by atoms with Gasteiger partial charge in [-0.15, -0.1) is 0 Å². The Balaban J connectivity index is 1.89. The van der Waals surface area contributed by atoms with Crippen molar-refractivity contribution in [1.82, 2.24) is 4.90 Å². The minimum absolute atomic E-state index is 0.0401. The van der Waals surface area contributed by atoms with E-state index in [-0.39, 0.29) is 12.0 Å². The van der Waals surface area contributed by atoms with Gasteiger partial charge in [-0.3, -0.25) is 0 Å². The van der Waals surface area contributed by atoms with E-state index >= 15 is 0 Å². The number of nitrogens with one attached hydrogen (secondary N) is 1. The monoisotopic (exact) mass is 316 g/mol. The van der Waals surface area contributed by atoms with Crippen LogP contribution in [-0.4, -0.2) is 36.6 Å². The van der Waals surface area contributed by atoms with Crippen molar-refractivity contribution in [3.63, 3.8) is 0 Å². The number of amides is 2. The van der Waals surface area contributed by atoms with Gasteiger partial charge in [-0.2, -0.15) is 0 Å². The Hall–Kier alpha value is -2.30. The summed E-state index contributed by atoms with van der Waals surface area (Å²) in [4.78, 5) is 25.4. The zero-order valence-electron chi connectivity index (χ0n) is 13.6. The van der Waals surface area contributed by atoms with Gasteiger partial charge in [-0.1, -0.05) is 25.0 Å². The summed E-state index contributed by atoms with van der Waals surface area (Å²) >= 11 is 0. The van der Waals surface area contributed by atoms with Crippen molar-refractivity contribution >= 4 is 23.8 Å². The number of urea groups is 1. The number of rotatable bonds is 4. The van der Waals surface area contributed by atoms with Crippen molar-refractivity contribution < 1.29 is 14.3 Å². The molecule has 1 aromatic carbocycles. The highest BCUT2D eigenvalue weighted by atomic mass is 16.5. The fourth-order valence-electron chi connectivity index (χ4n) is 2.51. The molecule has 0 spiro atoms. The van der Waals surface area contributed by atoms with Crippen LogP contribution in [0.3, 0.4) is 0 Å². The second-order valence-electron chi connectivity index (χ2n) is 5.54. The summed E-state index contributed by atoms with van der Waals surface area (Å²) in [5, 5.41) is 2.92. The Morgan fingerprint density at radius 1 is 1.13 bits per heavy atom. The van der Waals surface area contributed by atoms with Gasteiger partial charge >= 0.3 is 12.0 Å². The van der Waals surface area contributed by atoms with E-state index in [2.05, 4.69) is 5.32 Å². The lowest BCUT2D eigenvalue weighted by molar-refractivity contribution is -0.137. The minimum atomic E-state index is -0.356. The Bertz CT molecular complexity index is 544. The van der Waals surface area contributed by atoms with Crippen LogP contribution in [0.5, 0.6) is 0 Å². The van der Waals surface area contributed by atoms with Crippen LogP contribution in [0, 0.1) is 0 Å². The molecule has 0 atom stereocenters. The van der Waals surface area contributed by atoms with Crippen LogP contribution in [-0.2, 0) is 9.53 Å². The zero-order chi connectivity index (χ0) is 16.5. The smallest absolute Gasteiger partial charge is 0.330 e. The minimum Gasteiger partial charge on any atom is -0.463 e. The van der Waals surface area contributed by atoms with Gasteiger partial charge < -0.3 is 15.0 Å². The Morgan fingerprint density at radius 3 is 2.39 bits per heavy atom. The highest BCUT2D eigenvalue weighted by Crippen LogP contribution is 2.14. The van der Waals surface area contributed by atoms with Crippen molar-refractivity contribution in [3.05, 3.63) is 35.9 Å². The molecule has 2 rings (SSSR count). The first kappa shape index (κ1) is 17.1. The van der Waals surface area contributed by atoms with Gasteiger partial charge in [0.2, 0.25) is 0 Å². The third kappa shape index (κ3) is 5.77. The summed E-state index contributed by atoms with van der Waals surface area (Å²) in [5.41, 5.74) is 1.64. The lowest BCUT2D eigenvalue weighted by Gasteiger charge is -2.20.